The van der Waals surface area contributed by atoms with Crippen molar-refractivity contribution in [2.75, 3.05) is 5.32 Å². The zero-order valence-corrected chi connectivity index (χ0v) is 16.3. The largest absolute Gasteiger partial charge is 0.322 e. The number of carbonyl (C=O) groups is 1. The van der Waals surface area contributed by atoms with E-state index in [1.807, 2.05) is 30.3 Å². The minimum Gasteiger partial charge on any atom is -0.322 e. The highest BCUT2D eigenvalue weighted by Gasteiger charge is 2.20. The van der Waals surface area contributed by atoms with Gasteiger partial charge in [-0.05, 0) is 59.2 Å². The molecule has 1 aromatic heterocycles. The summed E-state index contributed by atoms with van der Waals surface area (Å²) in [4.78, 5) is 17.6. The van der Waals surface area contributed by atoms with Crippen molar-refractivity contribution in [3.8, 4) is 0 Å². The number of fused-ring (bicyclic) bond motifs is 1. The van der Waals surface area contributed by atoms with Crippen LogP contribution in [-0.2, 0) is 6.42 Å². The summed E-state index contributed by atoms with van der Waals surface area (Å²) >= 11 is 0. The Labute approximate surface area is 166 Å². The fraction of sp³-hybridized carbons (Fsp3) is 0.200. The van der Waals surface area contributed by atoms with Crippen LogP contribution in [0.25, 0.3) is 11.6 Å². The van der Waals surface area contributed by atoms with Gasteiger partial charge in [0.1, 0.15) is 0 Å². The summed E-state index contributed by atoms with van der Waals surface area (Å²) in [6.45, 7) is 4.27. The first kappa shape index (κ1) is 18.2. The predicted molar refractivity (Wildman–Crippen MR) is 115 cm³/mol. The molecule has 4 rings (SSSR count). The second-order valence-corrected chi connectivity index (χ2v) is 7.45. The monoisotopic (exact) mass is 368 g/mol. The average Bonchev–Trinajstić information content (AvgIpc) is 2.73. The number of amides is 1. The van der Waals surface area contributed by atoms with E-state index < -0.39 is 0 Å². The quantitative estimate of drug-likeness (QED) is 0.619. The molecule has 0 aliphatic heterocycles. The number of allylic oxidation sites excluding steroid dienone is 1. The summed E-state index contributed by atoms with van der Waals surface area (Å²) in [7, 11) is 0. The van der Waals surface area contributed by atoms with E-state index in [0.717, 1.165) is 35.3 Å². The zero-order valence-electron chi connectivity index (χ0n) is 16.3. The van der Waals surface area contributed by atoms with Crippen molar-refractivity contribution in [2.24, 2.45) is 0 Å². The van der Waals surface area contributed by atoms with Gasteiger partial charge in [0.2, 0.25) is 0 Å². The van der Waals surface area contributed by atoms with Crippen molar-refractivity contribution in [1.29, 1.82) is 0 Å². The summed E-state index contributed by atoms with van der Waals surface area (Å²) < 4.78 is 0. The maximum absolute atomic E-state index is 13.1. The summed E-state index contributed by atoms with van der Waals surface area (Å²) in [5, 5.41) is 3.11. The Morgan fingerprint density at radius 1 is 0.964 bits per heavy atom. The lowest BCUT2D eigenvalue weighted by Gasteiger charge is -2.19. The van der Waals surface area contributed by atoms with Crippen LogP contribution in [0.4, 0.5) is 5.69 Å². The van der Waals surface area contributed by atoms with Gasteiger partial charge >= 0.3 is 0 Å². The minimum absolute atomic E-state index is 0.0664. The van der Waals surface area contributed by atoms with Gasteiger partial charge < -0.3 is 5.32 Å². The van der Waals surface area contributed by atoms with Crippen molar-refractivity contribution >= 4 is 23.2 Å². The summed E-state index contributed by atoms with van der Waals surface area (Å²) in [5.74, 6) is 0.280. The molecule has 0 spiro atoms. The van der Waals surface area contributed by atoms with Crippen LogP contribution >= 0.6 is 0 Å². The van der Waals surface area contributed by atoms with Crippen LogP contribution in [0, 0.1) is 0 Å². The van der Waals surface area contributed by atoms with Crippen LogP contribution < -0.4 is 5.32 Å². The molecule has 0 saturated heterocycles. The second-order valence-electron chi connectivity index (χ2n) is 7.45. The Kier molecular flexibility index (Phi) is 5.07. The van der Waals surface area contributed by atoms with Gasteiger partial charge in [0.05, 0.1) is 5.69 Å². The SMILES string of the molecule is CC(C)c1ccccc1NC(=O)c1ccnc2c1CCC(c1ccccc1)=C2. The highest BCUT2D eigenvalue weighted by Crippen LogP contribution is 2.31. The molecule has 0 bridgehead atoms. The van der Waals surface area contributed by atoms with Crippen LogP contribution in [0.3, 0.4) is 0 Å². The molecule has 1 N–H and O–H groups in total. The lowest BCUT2D eigenvalue weighted by Crippen LogP contribution is -2.18. The molecule has 2 aromatic carbocycles. The third-order valence-electron chi connectivity index (χ3n) is 5.26. The lowest BCUT2D eigenvalue weighted by molar-refractivity contribution is 0.102. The predicted octanol–water partition coefficient (Wildman–Crippen LogP) is 5.94. The Bertz CT molecular complexity index is 1040. The molecule has 1 amide bonds. The number of para-hydroxylation sites is 1. The number of benzene rings is 2. The smallest absolute Gasteiger partial charge is 0.256 e. The van der Waals surface area contributed by atoms with Crippen molar-refractivity contribution < 1.29 is 4.79 Å². The number of pyridine rings is 1. The number of nitrogens with zero attached hydrogens (tertiary/aromatic N) is 1. The molecule has 3 heteroatoms. The maximum Gasteiger partial charge on any atom is 0.256 e. The fourth-order valence-corrected chi connectivity index (χ4v) is 3.79. The molecular formula is C25H24N2O. The molecule has 0 saturated carbocycles. The van der Waals surface area contributed by atoms with E-state index in [2.05, 4.69) is 60.6 Å². The van der Waals surface area contributed by atoms with Crippen LogP contribution in [0.1, 0.15) is 58.9 Å². The number of carbonyl (C=O) groups excluding carboxylic acids is 1. The summed E-state index contributed by atoms with van der Waals surface area (Å²) in [6, 6.07) is 20.2. The zero-order chi connectivity index (χ0) is 19.5. The maximum atomic E-state index is 13.1. The van der Waals surface area contributed by atoms with Gasteiger partial charge in [-0.2, -0.15) is 0 Å². The molecule has 1 aliphatic rings. The molecule has 1 heterocycles. The highest BCUT2D eigenvalue weighted by molar-refractivity contribution is 6.06. The van der Waals surface area contributed by atoms with Gasteiger partial charge in [-0.3, -0.25) is 9.78 Å². The molecule has 0 fully saturated rings. The molecule has 28 heavy (non-hydrogen) atoms. The minimum atomic E-state index is -0.0664. The van der Waals surface area contributed by atoms with Crippen molar-refractivity contribution in [2.45, 2.75) is 32.6 Å². The first-order valence-electron chi connectivity index (χ1n) is 9.77. The lowest BCUT2D eigenvalue weighted by atomic mass is 9.89. The molecule has 3 aromatic rings. The van der Waals surface area contributed by atoms with E-state index in [4.69, 9.17) is 0 Å². The Morgan fingerprint density at radius 2 is 1.71 bits per heavy atom. The second kappa shape index (κ2) is 7.81. The molecule has 0 atom stereocenters. The third-order valence-corrected chi connectivity index (χ3v) is 5.26. The Balaban J connectivity index is 1.65. The number of aromatic nitrogens is 1. The van der Waals surface area contributed by atoms with E-state index in [1.54, 1.807) is 6.20 Å². The van der Waals surface area contributed by atoms with Gasteiger partial charge in [0.25, 0.3) is 5.91 Å². The molecule has 1 aliphatic carbocycles. The van der Waals surface area contributed by atoms with Gasteiger partial charge in [-0.15, -0.1) is 0 Å². The standard InChI is InChI=1S/C25H24N2O/c1-17(2)20-10-6-7-11-23(20)27-25(28)22-14-15-26-24-16-19(12-13-21(22)24)18-8-4-3-5-9-18/h3-11,14-17H,12-13H2,1-2H3,(H,27,28). The fourth-order valence-electron chi connectivity index (χ4n) is 3.79. The van der Waals surface area contributed by atoms with Crippen LogP contribution in [-0.4, -0.2) is 10.9 Å². The molecular weight excluding hydrogens is 344 g/mol. The van der Waals surface area contributed by atoms with Crippen molar-refractivity contribution in [3.63, 3.8) is 0 Å². The van der Waals surface area contributed by atoms with E-state index in [1.165, 1.54) is 11.1 Å². The van der Waals surface area contributed by atoms with Crippen LogP contribution in [0.5, 0.6) is 0 Å². The van der Waals surface area contributed by atoms with Crippen molar-refractivity contribution in [3.05, 3.63) is 94.8 Å². The van der Waals surface area contributed by atoms with Crippen molar-refractivity contribution in [1.82, 2.24) is 4.98 Å². The third kappa shape index (κ3) is 3.61. The number of rotatable bonds is 4. The molecule has 0 radical (unpaired) electrons. The van der Waals surface area contributed by atoms with Gasteiger partial charge in [-0.1, -0.05) is 62.4 Å². The van der Waals surface area contributed by atoms with E-state index in [-0.39, 0.29) is 5.91 Å². The van der Waals surface area contributed by atoms with Gasteiger partial charge in [0.15, 0.2) is 0 Å². The van der Waals surface area contributed by atoms with Crippen LogP contribution in [0.15, 0.2) is 66.9 Å². The van der Waals surface area contributed by atoms with Gasteiger partial charge in [-0.25, -0.2) is 0 Å². The molecule has 140 valence electrons. The first-order chi connectivity index (χ1) is 13.6. The normalized spacial score (nSPS) is 13.0. The summed E-state index contributed by atoms with van der Waals surface area (Å²) in [6.07, 6.45) is 5.57. The number of hydrogen-bond acceptors (Lipinski definition) is 2. The van der Waals surface area contributed by atoms with Crippen LogP contribution in [0.2, 0.25) is 0 Å². The average molecular weight is 368 g/mol. The topological polar surface area (TPSA) is 42.0 Å². The Morgan fingerprint density at radius 3 is 2.50 bits per heavy atom. The number of anilines is 1. The van der Waals surface area contributed by atoms with E-state index >= 15 is 0 Å². The van der Waals surface area contributed by atoms with E-state index in [9.17, 15) is 4.79 Å². The van der Waals surface area contributed by atoms with Gasteiger partial charge in [0, 0.05) is 17.4 Å². The number of hydrogen-bond donors (Lipinski definition) is 1. The highest BCUT2D eigenvalue weighted by atomic mass is 16.1. The first-order valence-corrected chi connectivity index (χ1v) is 9.77. The molecule has 3 nitrogen and oxygen atoms in total. The molecule has 0 unspecified atom stereocenters. The van der Waals surface area contributed by atoms with E-state index in [0.29, 0.717) is 11.5 Å². The Hall–Kier alpha value is -3.20. The number of nitrogens with one attached hydrogen (secondary N) is 1. The summed E-state index contributed by atoms with van der Waals surface area (Å²) in [5.41, 5.74) is 7.15.